The molecule has 1 aliphatic carbocycles. The van der Waals surface area contributed by atoms with Crippen molar-refractivity contribution in [1.82, 2.24) is 10.6 Å². The first-order valence-corrected chi connectivity index (χ1v) is 9.23. The van der Waals surface area contributed by atoms with Crippen LogP contribution in [0.2, 0.25) is 0 Å². The highest BCUT2D eigenvalue weighted by atomic mass is 16.5. The van der Waals surface area contributed by atoms with Gasteiger partial charge in [-0.2, -0.15) is 0 Å². The SMILES string of the molecule is COc1ccccc1CNC(=O)[C@@H](NC(=O)C1CCCCC1)C(C)C. The van der Waals surface area contributed by atoms with Gasteiger partial charge in [0.1, 0.15) is 11.8 Å². The number of ether oxygens (including phenoxy) is 1. The van der Waals surface area contributed by atoms with Crippen LogP contribution in [-0.2, 0) is 16.1 Å². The largest absolute Gasteiger partial charge is 0.496 e. The maximum atomic E-state index is 12.6. The molecule has 0 saturated heterocycles. The lowest BCUT2D eigenvalue weighted by molar-refractivity contribution is -0.132. The summed E-state index contributed by atoms with van der Waals surface area (Å²) in [7, 11) is 1.61. The first-order valence-electron chi connectivity index (χ1n) is 9.23. The average molecular weight is 346 g/mol. The molecule has 1 aromatic rings. The highest BCUT2D eigenvalue weighted by molar-refractivity contribution is 5.88. The van der Waals surface area contributed by atoms with Gasteiger partial charge >= 0.3 is 0 Å². The molecule has 1 saturated carbocycles. The highest BCUT2D eigenvalue weighted by Gasteiger charge is 2.28. The summed E-state index contributed by atoms with van der Waals surface area (Å²) in [6.45, 7) is 4.29. The Kier molecular flexibility index (Phi) is 7.29. The molecular weight excluding hydrogens is 316 g/mol. The summed E-state index contributed by atoms with van der Waals surface area (Å²) >= 11 is 0. The van der Waals surface area contributed by atoms with E-state index in [0.717, 1.165) is 37.0 Å². The zero-order valence-corrected chi connectivity index (χ0v) is 15.5. The molecule has 0 bridgehead atoms. The number of methoxy groups -OCH3 is 1. The quantitative estimate of drug-likeness (QED) is 0.797. The zero-order valence-electron chi connectivity index (χ0n) is 15.5. The Morgan fingerprint density at radius 1 is 1.16 bits per heavy atom. The van der Waals surface area contributed by atoms with Crippen molar-refractivity contribution in [3.8, 4) is 5.75 Å². The molecule has 1 fully saturated rings. The summed E-state index contributed by atoms with van der Waals surface area (Å²) in [6.07, 6.45) is 5.27. The van der Waals surface area contributed by atoms with E-state index in [2.05, 4.69) is 10.6 Å². The Hall–Kier alpha value is -2.04. The highest BCUT2D eigenvalue weighted by Crippen LogP contribution is 2.24. The summed E-state index contributed by atoms with van der Waals surface area (Å²) < 4.78 is 5.31. The molecule has 25 heavy (non-hydrogen) atoms. The van der Waals surface area contributed by atoms with Gasteiger partial charge in [0.2, 0.25) is 11.8 Å². The molecular formula is C20H30N2O3. The van der Waals surface area contributed by atoms with E-state index in [1.165, 1.54) is 6.42 Å². The molecule has 2 N–H and O–H groups in total. The second-order valence-electron chi connectivity index (χ2n) is 7.09. The summed E-state index contributed by atoms with van der Waals surface area (Å²) in [5.41, 5.74) is 0.916. The summed E-state index contributed by atoms with van der Waals surface area (Å²) in [4.78, 5) is 25.1. The Morgan fingerprint density at radius 2 is 1.84 bits per heavy atom. The number of rotatable bonds is 7. The number of carbonyl (C=O) groups is 2. The molecule has 0 heterocycles. The van der Waals surface area contributed by atoms with Crippen molar-refractivity contribution < 1.29 is 14.3 Å². The van der Waals surface area contributed by atoms with E-state index >= 15 is 0 Å². The smallest absolute Gasteiger partial charge is 0.243 e. The molecule has 1 aliphatic rings. The van der Waals surface area contributed by atoms with E-state index in [9.17, 15) is 9.59 Å². The monoisotopic (exact) mass is 346 g/mol. The van der Waals surface area contributed by atoms with Gasteiger partial charge in [0, 0.05) is 18.0 Å². The zero-order chi connectivity index (χ0) is 18.2. The van der Waals surface area contributed by atoms with Gasteiger partial charge in [0.25, 0.3) is 0 Å². The van der Waals surface area contributed by atoms with Gasteiger partial charge in [-0.25, -0.2) is 0 Å². The van der Waals surface area contributed by atoms with Crippen molar-refractivity contribution in [2.45, 2.75) is 58.5 Å². The van der Waals surface area contributed by atoms with Crippen LogP contribution in [0.15, 0.2) is 24.3 Å². The molecule has 0 radical (unpaired) electrons. The van der Waals surface area contributed by atoms with Gasteiger partial charge in [-0.1, -0.05) is 51.3 Å². The van der Waals surface area contributed by atoms with Crippen molar-refractivity contribution in [2.75, 3.05) is 7.11 Å². The van der Waals surface area contributed by atoms with Gasteiger partial charge in [-0.15, -0.1) is 0 Å². The molecule has 1 aromatic carbocycles. The van der Waals surface area contributed by atoms with Gasteiger partial charge in [-0.3, -0.25) is 9.59 Å². The minimum Gasteiger partial charge on any atom is -0.496 e. The Bertz CT molecular complexity index is 580. The lowest BCUT2D eigenvalue weighted by Gasteiger charge is -2.26. The lowest BCUT2D eigenvalue weighted by atomic mass is 9.88. The van der Waals surface area contributed by atoms with Gasteiger partial charge in [0.15, 0.2) is 0 Å². The first kappa shape index (κ1) is 19.3. The molecule has 138 valence electrons. The van der Waals surface area contributed by atoms with E-state index in [0.29, 0.717) is 6.54 Å². The summed E-state index contributed by atoms with van der Waals surface area (Å²) in [6, 6.07) is 7.08. The molecule has 2 amide bonds. The molecule has 0 spiro atoms. The number of hydrogen-bond acceptors (Lipinski definition) is 3. The molecule has 5 heteroatoms. The third kappa shape index (κ3) is 5.48. The molecule has 0 aromatic heterocycles. The predicted molar refractivity (Wildman–Crippen MR) is 98.2 cm³/mol. The number of nitrogens with one attached hydrogen (secondary N) is 2. The van der Waals surface area contributed by atoms with E-state index in [1.807, 2.05) is 38.1 Å². The van der Waals surface area contributed by atoms with Crippen LogP contribution >= 0.6 is 0 Å². The number of carbonyl (C=O) groups excluding carboxylic acids is 2. The lowest BCUT2D eigenvalue weighted by Crippen LogP contribution is -2.51. The van der Waals surface area contributed by atoms with Gasteiger partial charge in [-0.05, 0) is 24.8 Å². The van der Waals surface area contributed by atoms with E-state index in [1.54, 1.807) is 7.11 Å². The van der Waals surface area contributed by atoms with E-state index < -0.39 is 6.04 Å². The van der Waals surface area contributed by atoms with Crippen molar-refractivity contribution in [2.24, 2.45) is 11.8 Å². The van der Waals surface area contributed by atoms with Crippen molar-refractivity contribution in [3.63, 3.8) is 0 Å². The molecule has 2 rings (SSSR count). The maximum Gasteiger partial charge on any atom is 0.243 e. The van der Waals surface area contributed by atoms with Crippen molar-refractivity contribution >= 4 is 11.8 Å². The number of amides is 2. The standard InChI is InChI=1S/C20H30N2O3/c1-14(2)18(22-19(23)15-9-5-4-6-10-15)20(24)21-13-16-11-7-8-12-17(16)25-3/h7-8,11-12,14-15,18H,4-6,9-10,13H2,1-3H3,(H,21,24)(H,22,23)/t18-/m0/s1. The minimum absolute atomic E-state index is 0.0193. The fourth-order valence-electron chi connectivity index (χ4n) is 3.31. The average Bonchev–Trinajstić information content (AvgIpc) is 2.64. The topological polar surface area (TPSA) is 67.4 Å². The molecule has 0 unspecified atom stereocenters. The second kappa shape index (κ2) is 9.44. The van der Waals surface area contributed by atoms with Gasteiger partial charge < -0.3 is 15.4 Å². The fourth-order valence-corrected chi connectivity index (χ4v) is 3.31. The van der Waals surface area contributed by atoms with Crippen LogP contribution in [0, 0.1) is 11.8 Å². The fraction of sp³-hybridized carbons (Fsp3) is 0.600. The van der Waals surface area contributed by atoms with Crippen LogP contribution in [-0.4, -0.2) is 25.0 Å². The minimum atomic E-state index is -0.510. The van der Waals surface area contributed by atoms with Gasteiger partial charge in [0.05, 0.1) is 7.11 Å². The number of benzene rings is 1. The number of hydrogen-bond donors (Lipinski definition) is 2. The van der Waals surface area contributed by atoms with Crippen molar-refractivity contribution in [3.05, 3.63) is 29.8 Å². The normalized spacial score (nSPS) is 16.3. The Morgan fingerprint density at radius 3 is 2.48 bits per heavy atom. The molecule has 0 aliphatic heterocycles. The van der Waals surface area contributed by atoms with Crippen LogP contribution in [0.5, 0.6) is 5.75 Å². The molecule has 1 atom stereocenters. The third-order valence-electron chi connectivity index (χ3n) is 4.87. The van der Waals surface area contributed by atoms with E-state index in [-0.39, 0.29) is 23.7 Å². The summed E-state index contributed by atoms with van der Waals surface area (Å²) in [5.74, 6) is 0.702. The van der Waals surface area contributed by atoms with Crippen LogP contribution in [0.3, 0.4) is 0 Å². The second-order valence-corrected chi connectivity index (χ2v) is 7.09. The Labute approximate surface area is 150 Å². The molecule has 5 nitrogen and oxygen atoms in total. The van der Waals surface area contributed by atoms with Crippen molar-refractivity contribution in [1.29, 1.82) is 0 Å². The number of para-hydroxylation sites is 1. The first-order chi connectivity index (χ1) is 12.0. The summed E-state index contributed by atoms with van der Waals surface area (Å²) in [5, 5.41) is 5.90. The van der Waals surface area contributed by atoms with Crippen LogP contribution < -0.4 is 15.4 Å². The maximum absolute atomic E-state index is 12.6. The van der Waals surface area contributed by atoms with Crippen LogP contribution in [0.4, 0.5) is 0 Å². The van der Waals surface area contributed by atoms with Crippen LogP contribution in [0.25, 0.3) is 0 Å². The van der Waals surface area contributed by atoms with Crippen LogP contribution in [0.1, 0.15) is 51.5 Å². The third-order valence-corrected chi connectivity index (χ3v) is 4.87. The van der Waals surface area contributed by atoms with E-state index in [4.69, 9.17) is 4.74 Å². The predicted octanol–water partition coefficient (Wildman–Crippen LogP) is 3.03. The Balaban J connectivity index is 1.94.